The van der Waals surface area contributed by atoms with Crippen LogP contribution in [0.25, 0.3) is 0 Å². The summed E-state index contributed by atoms with van der Waals surface area (Å²) in [6.07, 6.45) is 7.84. The smallest absolute Gasteiger partial charge is 0.257 e. The normalized spacial score (nSPS) is 17.8. The van der Waals surface area contributed by atoms with Crippen LogP contribution in [0.1, 0.15) is 36.0 Å². The first-order chi connectivity index (χ1) is 11.7. The highest BCUT2D eigenvalue weighted by Gasteiger charge is 2.29. The van der Waals surface area contributed by atoms with E-state index in [4.69, 9.17) is 16.3 Å². The molecule has 0 saturated carbocycles. The van der Waals surface area contributed by atoms with Crippen molar-refractivity contribution >= 4 is 17.5 Å². The maximum atomic E-state index is 13.1. The van der Waals surface area contributed by atoms with Gasteiger partial charge in [0.05, 0.1) is 12.7 Å². The molecule has 6 heteroatoms. The second-order valence-electron chi connectivity index (χ2n) is 6.05. The van der Waals surface area contributed by atoms with Gasteiger partial charge in [0, 0.05) is 36.5 Å². The van der Waals surface area contributed by atoms with E-state index in [9.17, 15) is 4.79 Å². The molecule has 1 aromatic heterocycles. The molecule has 1 amide bonds. The van der Waals surface area contributed by atoms with Crippen LogP contribution in [0.4, 0.5) is 0 Å². The van der Waals surface area contributed by atoms with Crippen molar-refractivity contribution in [3.63, 3.8) is 0 Å². The van der Waals surface area contributed by atoms with Crippen molar-refractivity contribution < 1.29 is 9.53 Å². The van der Waals surface area contributed by atoms with Crippen molar-refractivity contribution in [2.24, 2.45) is 0 Å². The lowest BCUT2D eigenvalue weighted by molar-refractivity contribution is 0.0590. The van der Waals surface area contributed by atoms with Crippen molar-refractivity contribution in [2.75, 3.05) is 13.7 Å². The minimum absolute atomic E-state index is 0.000449. The van der Waals surface area contributed by atoms with Crippen LogP contribution in [-0.2, 0) is 6.54 Å². The number of likely N-dealkylation sites (tertiary alicyclic amines) is 1. The fourth-order valence-electron chi connectivity index (χ4n) is 3.28. The number of aryl methyl sites for hydroxylation is 1. The van der Waals surface area contributed by atoms with E-state index in [0.29, 0.717) is 16.3 Å². The molecule has 1 atom stereocenters. The lowest BCUT2D eigenvalue weighted by Gasteiger charge is -2.36. The second kappa shape index (κ2) is 7.71. The van der Waals surface area contributed by atoms with E-state index in [1.807, 2.05) is 21.8 Å². The number of ether oxygens (including phenoxy) is 1. The van der Waals surface area contributed by atoms with Gasteiger partial charge in [-0.1, -0.05) is 11.6 Å². The third-order valence-electron chi connectivity index (χ3n) is 4.53. The van der Waals surface area contributed by atoms with Gasteiger partial charge in [-0.05, 0) is 49.9 Å². The number of hydrogen-bond donors (Lipinski definition) is 0. The fourth-order valence-corrected chi connectivity index (χ4v) is 3.46. The van der Waals surface area contributed by atoms with Gasteiger partial charge in [-0.3, -0.25) is 9.48 Å². The molecule has 2 aromatic rings. The number of amides is 1. The predicted molar refractivity (Wildman–Crippen MR) is 93.5 cm³/mol. The van der Waals surface area contributed by atoms with E-state index < -0.39 is 0 Å². The highest BCUT2D eigenvalue weighted by Crippen LogP contribution is 2.28. The predicted octanol–water partition coefficient (Wildman–Crippen LogP) is 3.63. The van der Waals surface area contributed by atoms with E-state index in [-0.39, 0.29) is 11.9 Å². The van der Waals surface area contributed by atoms with Crippen molar-refractivity contribution in [2.45, 2.75) is 38.3 Å². The number of hydrogen-bond acceptors (Lipinski definition) is 3. The number of rotatable bonds is 5. The van der Waals surface area contributed by atoms with Gasteiger partial charge in [-0.15, -0.1) is 0 Å². The summed E-state index contributed by atoms with van der Waals surface area (Å²) in [7, 11) is 1.57. The SMILES string of the molecule is COc1ccc(Cl)cc1C(=O)N1CCCC[C@H]1CCn1cccn1. The van der Waals surface area contributed by atoms with Crippen LogP contribution in [0.5, 0.6) is 5.75 Å². The molecule has 0 spiro atoms. The first-order valence-corrected chi connectivity index (χ1v) is 8.69. The van der Waals surface area contributed by atoms with Crippen LogP contribution in [-0.4, -0.2) is 40.3 Å². The standard InChI is InChI=1S/C18H22ClN3O2/c1-24-17-7-6-14(19)13-16(17)18(23)22-11-3-2-5-15(22)8-12-21-10-4-9-20-21/h4,6-7,9-10,13,15H,2-3,5,8,11-12H2,1H3/t15-/m0/s1. The molecule has 5 nitrogen and oxygen atoms in total. The summed E-state index contributed by atoms with van der Waals surface area (Å²) < 4.78 is 7.26. The van der Waals surface area contributed by atoms with Crippen LogP contribution >= 0.6 is 11.6 Å². The molecule has 128 valence electrons. The molecule has 0 radical (unpaired) electrons. The minimum Gasteiger partial charge on any atom is -0.496 e. The Morgan fingerprint density at radius 1 is 1.42 bits per heavy atom. The van der Waals surface area contributed by atoms with Crippen LogP contribution in [0, 0.1) is 0 Å². The van der Waals surface area contributed by atoms with Gasteiger partial charge < -0.3 is 9.64 Å². The number of methoxy groups -OCH3 is 1. The number of aromatic nitrogens is 2. The number of carbonyl (C=O) groups is 1. The zero-order valence-corrected chi connectivity index (χ0v) is 14.6. The number of carbonyl (C=O) groups excluding carboxylic acids is 1. The monoisotopic (exact) mass is 347 g/mol. The third kappa shape index (κ3) is 3.73. The molecule has 1 saturated heterocycles. The molecule has 1 fully saturated rings. The molecule has 0 N–H and O–H groups in total. The quantitative estimate of drug-likeness (QED) is 0.829. The first-order valence-electron chi connectivity index (χ1n) is 8.31. The van der Waals surface area contributed by atoms with E-state index >= 15 is 0 Å². The van der Waals surface area contributed by atoms with Gasteiger partial charge >= 0.3 is 0 Å². The van der Waals surface area contributed by atoms with Crippen LogP contribution < -0.4 is 4.74 Å². The topological polar surface area (TPSA) is 47.4 Å². The Morgan fingerprint density at radius 2 is 2.29 bits per heavy atom. The zero-order valence-electron chi connectivity index (χ0n) is 13.8. The second-order valence-corrected chi connectivity index (χ2v) is 6.49. The van der Waals surface area contributed by atoms with Gasteiger partial charge in [0.15, 0.2) is 0 Å². The molecule has 3 rings (SSSR count). The van der Waals surface area contributed by atoms with Gasteiger partial charge in [-0.2, -0.15) is 5.10 Å². The Morgan fingerprint density at radius 3 is 3.04 bits per heavy atom. The van der Waals surface area contributed by atoms with Gasteiger partial charge in [0.1, 0.15) is 5.75 Å². The molecule has 2 heterocycles. The minimum atomic E-state index is -0.000449. The van der Waals surface area contributed by atoms with Gasteiger partial charge in [-0.25, -0.2) is 0 Å². The highest BCUT2D eigenvalue weighted by molar-refractivity contribution is 6.31. The number of nitrogens with zero attached hydrogens (tertiary/aromatic N) is 3. The Balaban J connectivity index is 1.77. The molecule has 0 aliphatic carbocycles. The summed E-state index contributed by atoms with van der Waals surface area (Å²) in [6, 6.07) is 7.32. The molecule has 24 heavy (non-hydrogen) atoms. The summed E-state index contributed by atoms with van der Waals surface area (Å²) in [4.78, 5) is 15.0. The number of piperidine rings is 1. The van der Waals surface area contributed by atoms with Gasteiger partial charge in [0.2, 0.25) is 0 Å². The molecule has 1 aliphatic rings. The summed E-state index contributed by atoms with van der Waals surface area (Å²) in [5.41, 5.74) is 0.538. The lowest BCUT2D eigenvalue weighted by Crippen LogP contribution is -2.44. The first kappa shape index (κ1) is 16.8. The summed E-state index contributed by atoms with van der Waals surface area (Å²) in [6.45, 7) is 1.59. The molecule has 0 unspecified atom stereocenters. The lowest BCUT2D eigenvalue weighted by atomic mass is 9.98. The summed E-state index contributed by atoms with van der Waals surface area (Å²) in [5.74, 6) is 0.570. The summed E-state index contributed by atoms with van der Waals surface area (Å²) in [5, 5.41) is 4.79. The van der Waals surface area contributed by atoms with Gasteiger partial charge in [0.25, 0.3) is 5.91 Å². The number of halogens is 1. The Kier molecular flexibility index (Phi) is 5.41. The fraction of sp³-hybridized carbons (Fsp3) is 0.444. The molecule has 1 aromatic carbocycles. The largest absolute Gasteiger partial charge is 0.496 e. The van der Waals surface area contributed by atoms with E-state index in [2.05, 4.69) is 5.10 Å². The maximum Gasteiger partial charge on any atom is 0.257 e. The van der Waals surface area contributed by atoms with E-state index in [1.165, 1.54) is 0 Å². The van der Waals surface area contributed by atoms with Crippen molar-refractivity contribution in [1.82, 2.24) is 14.7 Å². The van der Waals surface area contributed by atoms with E-state index in [1.54, 1.807) is 31.5 Å². The zero-order chi connectivity index (χ0) is 16.9. The Hall–Kier alpha value is -2.01. The average Bonchev–Trinajstić information content (AvgIpc) is 3.13. The Labute approximate surface area is 147 Å². The molecular weight excluding hydrogens is 326 g/mol. The van der Waals surface area contributed by atoms with Crippen molar-refractivity contribution in [1.29, 1.82) is 0 Å². The van der Waals surface area contributed by atoms with Crippen molar-refractivity contribution in [3.8, 4) is 5.75 Å². The molecule has 0 bridgehead atoms. The average molecular weight is 348 g/mol. The van der Waals surface area contributed by atoms with Crippen molar-refractivity contribution in [3.05, 3.63) is 47.2 Å². The molecular formula is C18H22ClN3O2. The van der Waals surface area contributed by atoms with Crippen LogP contribution in [0.2, 0.25) is 5.02 Å². The molecule has 1 aliphatic heterocycles. The Bertz CT molecular complexity index is 688. The highest BCUT2D eigenvalue weighted by atomic mass is 35.5. The van der Waals surface area contributed by atoms with E-state index in [0.717, 1.165) is 38.8 Å². The number of benzene rings is 1. The maximum absolute atomic E-state index is 13.1. The van der Waals surface area contributed by atoms with Crippen LogP contribution in [0.3, 0.4) is 0 Å². The van der Waals surface area contributed by atoms with Crippen LogP contribution in [0.15, 0.2) is 36.7 Å². The summed E-state index contributed by atoms with van der Waals surface area (Å²) >= 11 is 6.08. The third-order valence-corrected chi connectivity index (χ3v) is 4.77.